The van der Waals surface area contributed by atoms with Gasteiger partial charge >= 0.3 is 6.09 Å². The Kier molecular flexibility index (Phi) is 4.56. The van der Waals surface area contributed by atoms with E-state index in [9.17, 15) is 9.59 Å². The van der Waals surface area contributed by atoms with Crippen LogP contribution in [0.3, 0.4) is 0 Å². The molecule has 3 rings (SSSR count). The Morgan fingerprint density at radius 1 is 1.32 bits per heavy atom. The van der Waals surface area contributed by atoms with Gasteiger partial charge in [-0.1, -0.05) is 0 Å². The summed E-state index contributed by atoms with van der Waals surface area (Å²) < 4.78 is 7.64. The molecular formula is C19H29N3O3. The molecule has 0 saturated carbocycles. The summed E-state index contributed by atoms with van der Waals surface area (Å²) in [5.74, 6) is 0.405. The van der Waals surface area contributed by atoms with E-state index in [-0.39, 0.29) is 23.3 Å². The molecule has 0 bridgehead atoms. The molecule has 1 N–H and O–H groups in total. The van der Waals surface area contributed by atoms with Gasteiger partial charge in [0.05, 0.1) is 0 Å². The first-order valence-electron chi connectivity index (χ1n) is 9.06. The molecule has 1 aromatic heterocycles. The highest BCUT2D eigenvalue weighted by atomic mass is 16.6. The van der Waals surface area contributed by atoms with Crippen molar-refractivity contribution in [2.45, 2.75) is 51.6 Å². The summed E-state index contributed by atoms with van der Waals surface area (Å²) in [6, 6.07) is 4.19. The summed E-state index contributed by atoms with van der Waals surface area (Å²) in [6.07, 6.45) is 3.99. The maximum atomic E-state index is 12.3. The van der Waals surface area contributed by atoms with Crippen molar-refractivity contribution in [3.8, 4) is 0 Å². The van der Waals surface area contributed by atoms with Crippen LogP contribution in [0.2, 0.25) is 0 Å². The number of aromatic nitrogens is 1. The van der Waals surface area contributed by atoms with Crippen LogP contribution < -0.4 is 5.32 Å². The van der Waals surface area contributed by atoms with E-state index in [4.69, 9.17) is 4.74 Å². The van der Waals surface area contributed by atoms with Crippen molar-refractivity contribution in [2.75, 3.05) is 19.6 Å². The lowest BCUT2D eigenvalue weighted by molar-refractivity contribution is -0.128. The quantitative estimate of drug-likeness (QED) is 0.849. The summed E-state index contributed by atoms with van der Waals surface area (Å²) >= 11 is 0. The van der Waals surface area contributed by atoms with Crippen molar-refractivity contribution < 1.29 is 14.3 Å². The molecule has 0 aliphatic carbocycles. The Labute approximate surface area is 149 Å². The van der Waals surface area contributed by atoms with Crippen molar-refractivity contribution in [1.29, 1.82) is 0 Å². The molecule has 1 unspecified atom stereocenters. The Morgan fingerprint density at radius 2 is 2.00 bits per heavy atom. The lowest BCUT2D eigenvalue weighted by atomic mass is 9.63. The molecular weight excluding hydrogens is 318 g/mol. The van der Waals surface area contributed by atoms with Crippen LogP contribution in [0.25, 0.3) is 0 Å². The minimum atomic E-state index is -0.484. The average molecular weight is 347 g/mol. The minimum absolute atomic E-state index is 0.0764. The summed E-state index contributed by atoms with van der Waals surface area (Å²) in [5, 5.41) is 3.03. The Morgan fingerprint density at radius 3 is 2.56 bits per heavy atom. The van der Waals surface area contributed by atoms with E-state index in [1.54, 1.807) is 4.90 Å². The number of piperidine rings is 2. The maximum Gasteiger partial charge on any atom is 0.410 e. The van der Waals surface area contributed by atoms with Gasteiger partial charge in [-0.3, -0.25) is 4.79 Å². The molecule has 0 aromatic carbocycles. The van der Waals surface area contributed by atoms with Crippen LogP contribution in [0.1, 0.15) is 51.6 Å². The first-order chi connectivity index (χ1) is 11.7. The summed E-state index contributed by atoms with van der Waals surface area (Å²) in [7, 11) is 2.05. The molecule has 1 atom stereocenters. The highest BCUT2D eigenvalue weighted by Gasteiger charge is 2.47. The zero-order valence-electron chi connectivity index (χ0n) is 15.7. The largest absolute Gasteiger partial charge is 0.444 e. The first-order valence-corrected chi connectivity index (χ1v) is 9.06. The SMILES string of the molecule is Cn1cccc1C1CNC(=O)CC12CCN(C(=O)OC(C)(C)C)CC2. The van der Waals surface area contributed by atoms with Crippen LogP contribution in [0.4, 0.5) is 4.79 Å². The topological polar surface area (TPSA) is 63.6 Å². The molecule has 6 heteroatoms. The molecule has 1 aromatic rings. The van der Waals surface area contributed by atoms with Crippen LogP contribution >= 0.6 is 0 Å². The number of nitrogens with zero attached hydrogens (tertiary/aromatic N) is 2. The van der Waals surface area contributed by atoms with Gasteiger partial charge in [-0.25, -0.2) is 4.79 Å². The van der Waals surface area contributed by atoms with E-state index < -0.39 is 5.60 Å². The summed E-state index contributed by atoms with van der Waals surface area (Å²) in [4.78, 5) is 26.2. The highest BCUT2D eigenvalue weighted by molar-refractivity contribution is 5.78. The van der Waals surface area contributed by atoms with Crippen molar-refractivity contribution in [2.24, 2.45) is 12.5 Å². The van der Waals surface area contributed by atoms with Gasteiger partial charge in [0.25, 0.3) is 0 Å². The van der Waals surface area contributed by atoms with Crippen LogP contribution in [0, 0.1) is 5.41 Å². The molecule has 2 saturated heterocycles. The monoisotopic (exact) mass is 347 g/mol. The summed E-state index contributed by atoms with van der Waals surface area (Å²) in [6.45, 7) is 7.60. The second-order valence-electron chi connectivity index (χ2n) is 8.41. The van der Waals surface area contributed by atoms with E-state index in [0.717, 1.165) is 12.8 Å². The van der Waals surface area contributed by atoms with Crippen LogP contribution in [-0.2, 0) is 16.6 Å². The van der Waals surface area contributed by atoms with Crippen molar-refractivity contribution in [3.63, 3.8) is 0 Å². The molecule has 0 radical (unpaired) electrons. The molecule has 25 heavy (non-hydrogen) atoms. The van der Waals surface area contributed by atoms with E-state index in [1.807, 2.05) is 20.8 Å². The standard InChI is InChI=1S/C19H29N3O3/c1-18(2,3)25-17(24)22-10-7-19(8-11-22)12-16(23)20-13-14(19)15-6-5-9-21(15)4/h5-6,9,14H,7-8,10-13H2,1-4H3,(H,20,23). The number of carbonyl (C=O) groups excluding carboxylic acids is 2. The molecule has 138 valence electrons. The fraction of sp³-hybridized carbons (Fsp3) is 0.684. The smallest absolute Gasteiger partial charge is 0.410 e. The number of aryl methyl sites for hydroxylation is 1. The number of hydrogen-bond acceptors (Lipinski definition) is 3. The van der Waals surface area contributed by atoms with Crippen LogP contribution in [0.15, 0.2) is 18.3 Å². The third kappa shape index (κ3) is 3.67. The Balaban J connectivity index is 1.75. The normalized spacial score (nSPS) is 23.4. The van der Waals surface area contributed by atoms with E-state index >= 15 is 0 Å². The fourth-order valence-electron chi connectivity index (χ4n) is 4.18. The van der Waals surface area contributed by atoms with Crippen molar-refractivity contribution in [3.05, 3.63) is 24.0 Å². The number of hydrogen-bond donors (Lipinski definition) is 1. The lowest BCUT2D eigenvalue weighted by Crippen LogP contribution is -2.53. The molecule has 2 amide bonds. The molecule has 6 nitrogen and oxygen atoms in total. The number of ether oxygens (including phenoxy) is 1. The van der Waals surface area contributed by atoms with Gasteiger partial charge in [-0.15, -0.1) is 0 Å². The number of carbonyl (C=O) groups is 2. The van der Waals surface area contributed by atoms with Gasteiger partial charge in [0.15, 0.2) is 0 Å². The molecule has 2 fully saturated rings. The third-order valence-corrected chi connectivity index (χ3v) is 5.51. The minimum Gasteiger partial charge on any atom is -0.444 e. The highest BCUT2D eigenvalue weighted by Crippen LogP contribution is 2.48. The molecule has 3 heterocycles. The van der Waals surface area contributed by atoms with Gasteiger partial charge in [0.2, 0.25) is 5.91 Å². The van der Waals surface area contributed by atoms with Crippen molar-refractivity contribution in [1.82, 2.24) is 14.8 Å². The zero-order valence-corrected chi connectivity index (χ0v) is 15.7. The van der Waals surface area contributed by atoms with E-state index in [1.165, 1.54) is 5.69 Å². The van der Waals surface area contributed by atoms with Gasteiger partial charge in [0.1, 0.15) is 5.60 Å². The third-order valence-electron chi connectivity index (χ3n) is 5.51. The zero-order chi connectivity index (χ0) is 18.2. The molecule has 1 spiro atoms. The number of nitrogens with one attached hydrogen (secondary N) is 1. The maximum absolute atomic E-state index is 12.3. The van der Waals surface area contributed by atoms with Gasteiger partial charge < -0.3 is 19.5 Å². The fourth-order valence-corrected chi connectivity index (χ4v) is 4.18. The van der Waals surface area contributed by atoms with Gasteiger partial charge in [-0.2, -0.15) is 0 Å². The summed E-state index contributed by atoms with van der Waals surface area (Å²) in [5.41, 5.74) is 0.695. The van der Waals surface area contributed by atoms with E-state index in [0.29, 0.717) is 26.1 Å². The first kappa shape index (κ1) is 17.8. The van der Waals surface area contributed by atoms with E-state index in [2.05, 4.69) is 35.3 Å². The number of amides is 2. The number of rotatable bonds is 1. The molecule has 2 aliphatic heterocycles. The average Bonchev–Trinajstić information content (AvgIpc) is 2.92. The van der Waals surface area contributed by atoms with Crippen molar-refractivity contribution >= 4 is 12.0 Å². The van der Waals surface area contributed by atoms with Crippen LogP contribution in [0.5, 0.6) is 0 Å². The predicted octanol–water partition coefficient (Wildman–Crippen LogP) is 2.65. The Hall–Kier alpha value is -1.98. The second-order valence-corrected chi connectivity index (χ2v) is 8.41. The lowest BCUT2D eigenvalue weighted by Gasteiger charge is -2.48. The predicted molar refractivity (Wildman–Crippen MR) is 95.3 cm³/mol. The van der Waals surface area contributed by atoms with Crippen LogP contribution in [-0.4, -0.2) is 46.7 Å². The second kappa shape index (κ2) is 6.39. The Bertz CT molecular complexity index is 651. The number of likely N-dealkylation sites (tertiary alicyclic amines) is 1. The van der Waals surface area contributed by atoms with Gasteiger partial charge in [-0.05, 0) is 51.2 Å². The van der Waals surface area contributed by atoms with Gasteiger partial charge in [0, 0.05) is 50.9 Å². The molecule has 2 aliphatic rings.